The largest absolute Gasteiger partial charge is 0.439 e. The number of ether oxygens (including phenoxy) is 1. The van der Waals surface area contributed by atoms with Gasteiger partial charge < -0.3 is 9.84 Å². The summed E-state index contributed by atoms with van der Waals surface area (Å²) < 4.78 is 5.99. The Kier molecular flexibility index (Phi) is 5.64. The lowest BCUT2D eigenvalue weighted by atomic mass is 10.1. The highest BCUT2D eigenvalue weighted by Gasteiger charge is 2.21. The summed E-state index contributed by atoms with van der Waals surface area (Å²) in [6, 6.07) is 17.1. The molecule has 0 spiro atoms. The highest BCUT2D eigenvalue weighted by atomic mass is 16.5. The van der Waals surface area contributed by atoms with Gasteiger partial charge in [-0.25, -0.2) is 4.98 Å². The van der Waals surface area contributed by atoms with E-state index in [1.54, 1.807) is 0 Å². The van der Waals surface area contributed by atoms with Gasteiger partial charge in [-0.15, -0.1) is 0 Å². The average molecular weight is 405 g/mol. The summed E-state index contributed by atoms with van der Waals surface area (Å²) in [4.78, 5) is 6.89. The van der Waals surface area contributed by atoms with E-state index in [1.807, 2.05) is 18.3 Å². The zero-order valence-corrected chi connectivity index (χ0v) is 17.1. The summed E-state index contributed by atoms with van der Waals surface area (Å²) in [5.41, 5.74) is 8.87. The van der Waals surface area contributed by atoms with Gasteiger partial charge in [0.15, 0.2) is 0 Å². The van der Waals surface area contributed by atoms with Gasteiger partial charge in [0.05, 0.1) is 0 Å². The Morgan fingerprint density at radius 2 is 1.97 bits per heavy atom. The molecule has 2 aliphatic heterocycles. The molecule has 0 radical (unpaired) electrons. The van der Waals surface area contributed by atoms with Crippen molar-refractivity contribution in [2.24, 2.45) is 5.92 Å². The van der Waals surface area contributed by atoms with Crippen LogP contribution in [0.15, 0.2) is 54.7 Å². The minimum absolute atomic E-state index is 0.295. The van der Waals surface area contributed by atoms with Crippen LogP contribution in [0, 0.1) is 5.92 Å². The molecule has 1 unspecified atom stereocenters. The number of aliphatic hydroxyl groups is 1. The normalized spacial score (nSPS) is 22.0. The second-order valence-corrected chi connectivity index (χ2v) is 8.36. The second-order valence-electron chi connectivity index (χ2n) is 8.36. The van der Waals surface area contributed by atoms with Crippen LogP contribution in [-0.2, 0) is 6.54 Å². The summed E-state index contributed by atoms with van der Waals surface area (Å²) in [7, 11) is 0. The Balaban J connectivity index is 1.26. The maximum Gasteiger partial charge on any atom is 0.219 e. The van der Waals surface area contributed by atoms with E-state index < -0.39 is 0 Å². The lowest BCUT2D eigenvalue weighted by Gasteiger charge is -2.16. The van der Waals surface area contributed by atoms with Crippen molar-refractivity contribution in [2.45, 2.75) is 25.4 Å². The fraction of sp³-hybridized carbons (Fsp3) is 0.375. The highest BCUT2D eigenvalue weighted by molar-refractivity contribution is 5.84. The van der Waals surface area contributed by atoms with Crippen LogP contribution in [0.1, 0.15) is 30.0 Å². The standard InChI is InChI=1S/C24H28N4O2/c29-16-18-8-10-28(15-18)14-17-1-2-20-12-22(5-3-19(20)11-17)30-24-6-4-21(13-25-24)23-7-9-26-27-23/h1-6,11-13,18,23,26-27,29H,7-10,14-16H2/t18-,23?/m0/s1. The van der Waals surface area contributed by atoms with Gasteiger partial charge in [0, 0.05) is 44.5 Å². The smallest absolute Gasteiger partial charge is 0.219 e. The number of aliphatic hydroxyl groups excluding tert-OH is 1. The van der Waals surface area contributed by atoms with Gasteiger partial charge in [-0.05, 0) is 65.4 Å². The number of aromatic nitrogens is 1. The zero-order chi connectivity index (χ0) is 20.3. The first-order valence-corrected chi connectivity index (χ1v) is 10.7. The number of nitrogens with zero attached hydrogens (tertiary/aromatic N) is 2. The molecule has 0 saturated carbocycles. The molecule has 0 bridgehead atoms. The van der Waals surface area contributed by atoms with Gasteiger partial charge in [-0.1, -0.05) is 24.3 Å². The Bertz CT molecular complexity index is 1000. The van der Waals surface area contributed by atoms with Crippen LogP contribution in [0.5, 0.6) is 11.6 Å². The van der Waals surface area contributed by atoms with E-state index in [-0.39, 0.29) is 0 Å². The third-order valence-corrected chi connectivity index (χ3v) is 6.13. The Morgan fingerprint density at radius 3 is 2.73 bits per heavy atom. The number of pyridine rings is 1. The number of hydrogen-bond acceptors (Lipinski definition) is 6. The van der Waals surface area contributed by atoms with Crippen LogP contribution >= 0.6 is 0 Å². The Hall–Kier alpha value is -2.51. The van der Waals surface area contributed by atoms with Gasteiger partial charge in [-0.3, -0.25) is 15.8 Å². The molecule has 156 valence electrons. The minimum Gasteiger partial charge on any atom is -0.439 e. The first-order valence-electron chi connectivity index (χ1n) is 10.7. The number of likely N-dealkylation sites (tertiary alicyclic amines) is 1. The van der Waals surface area contributed by atoms with Crippen molar-refractivity contribution in [3.05, 3.63) is 65.9 Å². The number of fused-ring (bicyclic) bond motifs is 1. The van der Waals surface area contributed by atoms with E-state index in [0.717, 1.165) is 50.2 Å². The molecule has 30 heavy (non-hydrogen) atoms. The summed E-state index contributed by atoms with van der Waals surface area (Å²) in [6.07, 6.45) is 4.04. The van der Waals surface area contributed by atoms with Gasteiger partial charge in [0.1, 0.15) is 5.75 Å². The molecule has 2 saturated heterocycles. The van der Waals surface area contributed by atoms with Crippen molar-refractivity contribution in [2.75, 3.05) is 26.2 Å². The molecule has 5 rings (SSSR count). The molecule has 6 nitrogen and oxygen atoms in total. The fourth-order valence-corrected chi connectivity index (χ4v) is 4.41. The molecule has 0 aliphatic carbocycles. The predicted molar refractivity (Wildman–Crippen MR) is 117 cm³/mol. The molecule has 2 aliphatic rings. The third kappa shape index (κ3) is 4.32. The topological polar surface area (TPSA) is 69.7 Å². The van der Waals surface area contributed by atoms with Crippen LogP contribution in [0.4, 0.5) is 0 Å². The lowest BCUT2D eigenvalue weighted by Crippen LogP contribution is -2.24. The van der Waals surface area contributed by atoms with E-state index in [0.29, 0.717) is 24.4 Å². The number of rotatable bonds is 6. The van der Waals surface area contributed by atoms with Crippen LogP contribution in [0.3, 0.4) is 0 Å². The second kappa shape index (κ2) is 8.70. The summed E-state index contributed by atoms with van der Waals surface area (Å²) in [5, 5.41) is 11.7. The maximum atomic E-state index is 9.34. The van der Waals surface area contributed by atoms with E-state index in [1.165, 1.54) is 16.5 Å². The first-order chi connectivity index (χ1) is 14.8. The van der Waals surface area contributed by atoms with Crippen LogP contribution in [0.2, 0.25) is 0 Å². The molecular formula is C24H28N4O2. The third-order valence-electron chi connectivity index (χ3n) is 6.13. The molecule has 1 aromatic heterocycles. The van der Waals surface area contributed by atoms with Crippen LogP contribution in [0.25, 0.3) is 10.8 Å². The molecule has 3 N–H and O–H groups in total. The van der Waals surface area contributed by atoms with Crippen molar-refractivity contribution in [3.8, 4) is 11.6 Å². The van der Waals surface area contributed by atoms with Crippen molar-refractivity contribution in [3.63, 3.8) is 0 Å². The van der Waals surface area contributed by atoms with Crippen molar-refractivity contribution in [1.29, 1.82) is 0 Å². The van der Waals surface area contributed by atoms with Crippen LogP contribution < -0.4 is 15.6 Å². The first kappa shape index (κ1) is 19.5. The van der Waals surface area contributed by atoms with Crippen LogP contribution in [-0.4, -0.2) is 41.2 Å². The minimum atomic E-state index is 0.295. The predicted octanol–water partition coefficient (Wildman–Crippen LogP) is 3.38. The van der Waals surface area contributed by atoms with Crippen molar-refractivity contribution < 1.29 is 9.84 Å². The summed E-state index contributed by atoms with van der Waals surface area (Å²) in [6.45, 7) is 4.26. The summed E-state index contributed by atoms with van der Waals surface area (Å²) in [5.74, 6) is 1.83. The Morgan fingerprint density at radius 1 is 1.07 bits per heavy atom. The molecule has 3 aromatic rings. The van der Waals surface area contributed by atoms with Gasteiger partial charge >= 0.3 is 0 Å². The number of benzene rings is 2. The number of hydrogen-bond donors (Lipinski definition) is 3. The molecule has 0 amide bonds. The quantitative estimate of drug-likeness (QED) is 0.585. The molecular weight excluding hydrogens is 376 g/mol. The molecule has 3 heterocycles. The molecule has 2 aromatic carbocycles. The van der Waals surface area contributed by atoms with Gasteiger partial charge in [-0.2, -0.15) is 0 Å². The van der Waals surface area contributed by atoms with Gasteiger partial charge in [0.25, 0.3) is 0 Å². The van der Waals surface area contributed by atoms with Crippen molar-refractivity contribution >= 4 is 10.8 Å². The number of hydrazine groups is 1. The van der Waals surface area contributed by atoms with Crippen molar-refractivity contribution in [1.82, 2.24) is 20.7 Å². The Labute approximate surface area is 176 Å². The van der Waals surface area contributed by atoms with E-state index in [2.05, 4.69) is 57.1 Å². The maximum absolute atomic E-state index is 9.34. The lowest BCUT2D eigenvalue weighted by molar-refractivity contribution is 0.220. The molecule has 2 fully saturated rings. The fourth-order valence-electron chi connectivity index (χ4n) is 4.41. The monoisotopic (exact) mass is 404 g/mol. The van der Waals surface area contributed by atoms with E-state index >= 15 is 0 Å². The SMILES string of the molecule is OC[C@H]1CCN(Cc2ccc3cc(Oc4ccc(C5CCNN5)cn4)ccc3c2)C1. The molecule has 6 heteroatoms. The average Bonchev–Trinajstić information content (AvgIpc) is 3.47. The zero-order valence-electron chi connectivity index (χ0n) is 17.1. The summed E-state index contributed by atoms with van der Waals surface area (Å²) >= 11 is 0. The molecule has 2 atom stereocenters. The number of nitrogens with one attached hydrogen (secondary N) is 2. The van der Waals surface area contributed by atoms with E-state index in [9.17, 15) is 5.11 Å². The van der Waals surface area contributed by atoms with Gasteiger partial charge in [0.2, 0.25) is 5.88 Å². The van der Waals surface area contributed by atoms with E-state index in [4.69, 9.17) is 4.74 Å². The highest BCUT2D eigenvalue weighted by Crippen LogP contribution is 2.27.